The molecule has 0 fully saturated rings. The van der Waals surface area contributed by atoms with Crippen molar-refractivity contribution in [3.63, 3.8) is 0 Å². The van der Waals surface area contributed by atoms with Gasteiger partial charge in [-0.1, -0.05) is 24.8 Å². The predicted molar refractivity (Wildman–Crippen MR) is 62.3 cm³/mol. The Labute approximate surface area is 86.8 Å². The molecule has 1 atom stereocenters. The summed E-state index contributed by atoms with van der Waals surface area (Å²) in [5.41, 5.74) is 5.01. The van der Waals surface area contributed by atoms with Crippen LogP contribution in [0.3, 0.4) is 0 Å². The molecule has 1 unspecified atom stereocenters. The van der Waals surface area contributed by atoms with E-state index in [1.54, 1.807) is 0 Å². The second kappa shape index (κ2) is 4.32. The van der Waals surface area contributed by atoms with Crippen LogP contribution in [-0.4, -0.2) is 0 Å². The fourth-order valence-electron chi connectivity index (χ4n) is 1.49. The van der Waals surface area contributed by atoms with Gasteiger partial charge >= 0.3 is 0 Å². The molecular weight excluding hydrogens is 170 g/mol. The number of hydrogen-bond donors (Lipinski definition) is 1. The van der Waals surface area contributed by atoms with Crippen molar-refractivity contribution in [2.24, 2.45) is 0 Å². The molecule has 1 nitrogen and oxygen atoms in total. The van der Waals surface area contributed by atoms with E-state index in [0.717, 1.165) is 5.70 Å². The number of hydrogen-bond acceptors (Lipinski definition) is 1. The maximum Gasteiger partial charge on any atom is 0.0482 e. The average molecular weight is 189 g/mol. The quantitative estimate of drug-likeness (QED) is 0.767. The first-order chi connectivity index (χ1) is 6.50. The van der Waals surface area contributed by atoms with Crippen LogP contribution in [0.2, 0.25) is 0 Å². The Morgan fingerprint density at radius 1 is 1.29 bits per heavy atom. The topological polar surface area (TPSA) is 12.0 Å². The Morgan fingerprint density at radius 2 is 1.93 bits per heavy atom. The summed E-state index contributed by atoms with van der Waals surface area (Å²) in [5.74, 6) is 0. The largest absolute Gasteiger partial charge is 0.383 e. The summed E-state index contributed by atoms with van der Waals surface area (Å²) in [6.45, 7) is 12.3. The third-order valence-corrected chi connectivity index (χ3v) is 2.49. The van der Waals surface area contributed by atoms with Crippen LogP contribution in [0.5, 0.6) is 0 Å². The van der Waals surface area contributed by atoms with Gasteiger partial charge in [0, 0.05) is 11.7 Å². The Hall–Kier alpha value is -1.24. The summed E-state index contributed by atoms with van der Waals surface area (Å²) in [6, 6.07) is 6.91. The molecule has 0 saturated heterocycles. The number of aryl methyl sites for hydroxylation is 2. The van der Waals surface area contributed by atoms with E-state index in [2.05, 4.69) is 50.9 Å². The molecule has 0 amide bonds. The van der Waals surface area contributed by atoms with Crippen molar-refractivity contribution >= 4 is 0 Å². The van der Waals surface area contributed by atoms with Gasteiger partial charge in [-0.25, -0.2) is 0 Å². The maximum atomic E-state index is 3.85. The third-order valence-electron chi connectivity index (χ3n) is 2.49. The van der Waals surface area contributed by atoms with Crippen molar-refractivity contribution in [1.29, 1.82) is 0 Å². The van der Waals surface area contributed by atoms with Gasteiger partial charge in [-0.05, 0) is 44.4 Å². The molecule has 14 heavy (non-hydrogen) atoms. The first-order valence-corrected chi connectivity index (χ1v) is 5.00. The van der Waals surface area contributed by atoms with Crippen molar-refractivity contribution in [3.8, 4) is 0 Å². The first-order valence-electron chi connectivity index (χ1n) is 5.00. The second-order valence-electron chi connectivity index (χ2n) is 3.99. The first kappa shape index (κ1) is 10.8. The van der Waals surface area contributed by atoms with Gasteiger partial charge < -0.3 is 5.32 Å². The molecule has 0 saturated carbocycles. The standard InChI is InChI=1S/C13H19N/c1-9(2)14-12(5)13-7-6-10(3)11(4)8-13/h6-8,12,14H,1H2,2-5H3. The summed E-state index contributed by atoms with van der Waals surface area (Å²) in [5, 5.41) is 3.31. The van der Waals surface area contributed by atoms with Crippen LogP contribution in [-0.2, 0) is 0 Å². The SMILES string of the molecule is C=C(C)NC(C)c1ccc(C)c(C)c1. The zero-order valence-corrected chi connectivity index (χ0v) is 9.52. The minimum absolute atomic E-state index is 0.340. The van der Waals surface area contributed by atoms with E-state index in [9.17, 15) is 0 Å². The van der Waals surface area contributed by atoms with E-state index in [1.807, 2.05) is 6.92 Å². The Kier molecular flexibility index (Phi) is 3.34. The molecule has 0 radical (unpaired) electrons. The Balaban J connectivity index is 2.85. The lowest BCUT2D eigenvalue weighted by molar-refractivity contribution is 0.655. The lowest BCUT2D eigenvalue weighted by atomic mass is 10.0. The third kappa shape index (κ3) is 2.63. The molecule has 0 heterocycles. The molecule has 0 spiro atoms. The van der Waals surface area contributed by atoms with Crippen LogP contribution in [0.1, 0.15) is 36.6 Å². The molecule has 0 bridgehead atoms. The summed E-state index contributed by atoms with van der Waals surface area (Å²) in [7, 11) is 0. The van der Waals surface area contributed by atoms with Crippen molar-refractivity contribution < 1.29 is 0 Å². The fourth-order valence-corrected chi connectivity index (χ4v) is 1.49. The number of benzene rings is 1. The number of allylic oxidation sites excluding steroid dienone is 1. The fraction of sp³-hybridized carbons (Fsp3) is 0.385. The van der Waals surface area contributed by atoms with Gasteiger partial charge in [-0.15, -0.1) is 0 Å². The van der Waals surface area contributed by atoms with E-state index in [-0.39, 0.29) is 0 Å². The van der Waals surface area contributed by atoms with Crippen LogP contribution >= 0.6 is 0 Å². The minimum Gasteiger partial charge on any atom is -0.383 e. The smallest absolute Gasteiger partial charge is 0.0482 e. The molecule has 1 N–H and O–H groups in total. The predicted octanol–water partition coefficient (Wildman–Crippen LogP) is 3.49. The zero-order chi connectivity index (χ0) is 10.7. The Morgan fingerprint density at radius 3 is 2.43 bits per heavy atom. The summed E-state index contributed by atoms with van der Waals surface area (Å²) < 4.78 is 0. The molecule has 1 aromatic carbocycles. The van der Waals surface area contributed by atoms with Crippen LogP contribution < -0.4 is 5.32 Å². The van der Waals surface area contributed by atoms with Gasteiger partial charge in [0.05, 0.1) is 0 Å². The number of rotatable bonds is 3. The van der Waals surface area contributed by atoms with Gasteiger partial charge in [0.15, 0.2) is 0 Å². The van der Waals surface area contributed by atoms with E-state index < -0.39 is 0 Å². The highest BCUT2D eigenvalue weighted by Gasteiger charge is 2.04. The summed E-state index contributed by atoms with van der Waals surface area (Å²) in [6.07, 6.45) is 0. The van der Waals surface area contributed by atoms with Crippen LogP contribution in [0.15, 0.2) is 30.5 Å². The van der Waals surface area contributed by atoms with Crippen molar-refractivity contribution in [1.82, 2.24) is 5.32 Å². The van der Waals surface area contributed by atoms with E-state index >= 15 is 0 Å². The Bertz CT molecular complexity index is 339. The van der Waals surface area contributed by atoms with Gasteiger partial charge in [0.25, 0.3) is 0 Å². The van der Waals surface area contributed by atoms with Gasteiger partial charge in [0.2, 0.25) is 0 Å². The molecule has 0 aliphatic heterocycles. The molecule has 1 heteroatoms. The van der Waals surface area contributed by atoms with Crippen molar-refractivity contribution in [2.75, 3.05) is 0 Å². The molecule has 0 aliphatic carbocycles. The van der Waals surface area contributed by atoms with E-state index in [4.69, 9.17) is 0 Å². The van der Waals surface area contributed by atoms with Gasteiger partial charge in [-0.3, -0.25) is 0 Å². The highest BCUT2D eigenvalue weighted by molar-refractivity contribution is 5.31. The van der Waals surface area contributed by atoms with Crippen molar-refractivity contribution in [3.05, 3.63) is 47.2 Å². The van der Waals surface area contributed by atoms with Crippen molar-refractivity contribution in [2.45, 2.75) is 33.7 Å². The highest BCUT2D eigenvalue weighted by Crippen LogP contribution is 2.17. The zero-order valence-electron chi connectivity index (χ0n) is 9.52. The summed E-state index contributed by atoms with van der Waals surface area (Å²) in [4.78, 5) is 0. The lowest BCUT2D eigenvalue weighted by Crippen LogP contribution is -2.15. The van der Waals surface area contributed by atoms with Crippen LogP contribution in [0.4, 0.5) is 0 Å². The van der Waals surface area contributed by atoms with Gasteiger partial charge in [0.1, 0.15) is 0 Å². The molecule has 0 aromatic heterocycles. The van der Waals surface area contributed by atoms with Crippen LogP contribution in [0.25, 0.3) is 0 Å². The molecular formula is C13H19N. The minimum atomic E-state index is 0.340. The maximum absolute atomic E-state index is 3.85. The van der Waals surface area contributed by atoms with E-state index in [1.165, 1.54) is 16.7 Å². The summed E-state index contributed by atoms with van der Waals surface area (Å²) >= 11 is 0. The number of nitrogens with one attached hydrogen (secondary N) is 1. The molecule has 1 rings (SSSR count). The molecule has 76 valence electrons. The van der Waals surface area contributed by atoms with E-state index in [0.29, 0.717) is 6.04 Å². The molecule has 1 aromatic rings. The average Bonchev–Trinajstić information content (AvgIpc) is 2.08. The second-order valence-corrected chi connectivity index (χ2v) is 3.99. The van der Waals surface area contributed by atoms with Gasteiger partial charge in [-0.2, -0.15) is 0 Å². The molecule has 0 aliphatic rings. The van der Waals surface area contributed by atoms with Crippen LogP contribution in [0, 0.1) is 13.8 Å². The monoisotopic (exact) mass is 189 g/mol. The normalized spacial score (nSPS) is 12.3. The highest BCUT2D eigenvalue weighted by atomic mass is 14.9. The lowest BCUT2D eigenvalue weighted by Gasteiger charge is -2.16.